The van der Waals surface area contributed by atoms with Gasteiger partial charge < -0.3 is 14.2 Å². The maximum absolute atomic E-state index is 5.59. The minimum Gasteiger partial charge on any atom is -0.353 e. The van der Waals surface area contributed by atoms with Crippen molar-refractivity contribution in [3.8, 4) is 0 Å². The second-order valence-electron chi connectivity index (χ2n) is 2.94. The van der Waals surface area contributed by atoms with Crippen molar-refractivity contribution in [2.75, 3.05) is 13.2 Å². The van der Waals surface area contributed by atoms with Crippen LogP contribution in [0.5, 0.6) is 0 Å². The smallest absolute Gasteiger partial charge is 0.173 e. The first-order valence-corrected chi connectivity index (χ1v) is 5.72. The Bertz CT molecular complexity index is 143. The number of ether oxygens (including phenoxy) is 3. The highest BCUT2D eigenvalue weighted by Crippen LogP contribution is 2.26. The van der Waals surface area contributed by atoms with Crippen molar-refractivity contribution in [1.29, 1.82) is 0 Å². The van der Waals surface area contributed by atoms with Gasteiger partial charge in [0.15, 0.2) is 12.6 Å². The van der Waals surface area contributed by atoms with E-state index in [1.54, 1.807) is 0 Å². The summed E-state index contributed by atoms with van der Waals surface area (Å²) < 4.78 is 16.4. The number of hydrogen-bond donors (Lipinski definition) is 0. The molecule has 78 valence electrons. The molecule has 0 aromatic carbocycles. The fourth-order valence-electron chi connectivity index (χ4n) is 1.35. The van der Waals surface area contributed by atoms with Gasteiger partial charge in [-0.05, 0) is 26.7 Å². The fraction of sp³-hybridized carbons (Fsp3) is 1.00. The van der Waals surface area contributed by atoms with Crippen molar-refractivity contribution >= 4 is 15.9 Å². The predicted octanol–water partition coefficient (Wildman–Crippen LogP) is 2.29. The van der Waals surface area contributed by atoms with Crippen LogP contribution in [0.15, 0.2) is 0 Å². The molecule has 1 fully saturated rings. The van der Waals surface area contributed by atoms with Crippen LogP contribution >= 0.6 is 15.9 Å². The van der Waals surface area contributed by atoms with Crippen molar-refractivity contribution < 1.29 is 14.2 Å². The highest BCUT2D eigenvalue weighted by molar-refractivity contribution is 9.09. The van der Waals surface area contributed by atoms with E-state index in [9.17, 15) is 0 Å². The molecule has 0 radical (unpaired) electrons. The van der Waals surface area contributed by atoms with E-state index in [1.165, 1.54) is 0 Å². The summed E-state index contributed by atoms with van der Waals surface area (Å²) in [4.78, 5) is 0.296. The van der Waals surface area contributed by atoms with Gasteiger partial charge in [0.25, 0.3) is 0 Å². The molecule has 3 nitrogen and oxygen atoms in total. The quantitative estimate of drug-likeness (QED) is 0.719. The Balaban J connectivity index is 2.33. The van der Waals surface area contributed by atoms with Gasteiger partial charge in [-0.3, -0.25) is 0 Å². The summed E-state index contributed by atoms with van der Waals surface area (Å²) in [5.41, 5.74) is 0. The second-order valence-corrected chi connectivity index (χ2v) is 4.11. The van der Waals surface area contributed by atoms with Crippen molar-refractivity contribution in [3.05, 3.63) is 0 Å². The molecule has 1 rings (SSSR count). The molecule has 0 aromatic heterocycles. The van der Waals surface area contributed by atoms with Crippen LogP contribution in [0.3, 0.4) is 0 Å². The molecule has 0 amide bonds. The van der Waals surface area contributed by atoms with Crippen LogP contribution in [-0.2, 0) is 14.2 Å². The van der Waals surface area contributed by atoms with Gasteiger partial charge >= 0.3 is 0 Å². The Kier molecular flexibility index (Phi) is 5.24. The molecule has 1 saturated heterocycles. The molecule has 13 heavy (non-hydrogen) atoms. The number of alkyl halides is 1. The van der Waals surface area contributed by atoms with E-state index in [2.05, 4.69) is 15.9 Å². The molecule has 0 N–H and O–H groups in total. The molecule has 0 aliphatic carbocycles. The Morgan fingerprint density at radius 2 is 1.92 bits per heavy atom. The molecule has 0 bridgehead atoms. The zero-order valence-corrected chi connectivity index (χ0v) is 9.75. The maximum Gasteiger partial charge on any atom is 0.173 e. The van der Waals surface area contributed by atoms with Crippen molar-refractivity contribution in [1.82, 2.24) is 0 Å². The summed E-state index contributed by atoms with van der Waals surface area (Å²) in [6.07, 6.45) is 1.73. The first-order chi connectivity index (χ1) is 6.27. The Morgan fingerprint density at radius 1 is 1.23 bits per heavy atom. The number of rotatable bonds is 4. The third kappa shape index (κ3) is 3.54. The van der Waals surface area contributed by atoms with Gasteiger partial charge in [-0.1, -0.05) is 15.9 Å². The maximum atomic E-state index is 5.59. The Hall–Kier alpha value is 0.360. The van der Waals surface area contributed by atoms with E-state index in [1.807, 2.05) is 13.8 Å². The van der Waals surface area contributed by atoms with E-state index in [-0.39, 0.29) is 12.6 Å². The lowest BCUT2D eigenvalue weighted by molar-refractivity contribution is -0.260. The normalized spacial score (nSPS) is 34.8. The second kappa shape index (κ2) is 5.96. The van der Waals surface area contributed by atoms with Gasteiger partial charge in [0.05, 0.1) is 4.83 Å². The van der Waals surface area contributed by atoms with Crippen LogP contribution in [0.2, 0.25) is 0 Å². The van der Waals surface area contributed by atoms with Crippen LogP contribution in [0.4, 0.5) is 0 Å². The molecule has 1 aliphatic heterocycles. The van der Waals surface area contributed by atoms with E-state index < -0.39 is 0 Å². The lowest BCUT2D eigenvalue weighted by Gasteiger charge is -2.32. The molecule has 1 aliphatic rings. The van der Waals surface area contributed by atoms with Gasteiger partial charge in [0, 0.05) is 13.2 Å². The van der Waals surface area contributed by atoms with Crippen molar-refractivity contribution in [3.63, 3.8) is 0 Å². The largest absolute Gasteiger partial charge is 0.353 e. The van der Waals surface area contributed by atoms with E-state index in [4.69, 9.17) is 14.2 Å². The monoisotopic (exact) mass is 252 g/mol. The minimum atomic E-state index is -0.157. The zero-order valence-electron chi connectivity index (χ0n) is 8.16. The molecular formula is C9H17BrO3. The summed E-state index contributed by atoms with van der Waals surface area (Å²) in [6, 6.07) is 0. The first-order valence-electron chi connectivity index (χ1n) is 4.80. The fourth-order valence-corrected chi connectivity index (χ4v) is 1.89. The Labute approximate surface area is 87.9 Å². The SMILES string of the molecule is CCOC1CCC(Br)C(OCC)O1. The van der Waals surface area contributed by atoms with Gasteiger partial charge in [-0.15, -0.1) is 0 Å². The molecular weight excluding hydrogens is 236 g/mol. The minimum absolute atomic E-state index is 0.0876. The molecule has 0 spiro atoms. The van der Waals surface area contributed by atoms with Crippen LogP contribution in [0, 0.1) is 0 Å². The average molecular weight is 253 g/mol. The summed E-state index contributed by atoms with van der Waals surface area (Å²) in [5.74, 6) is 0. The van der Waals surface area contributed by atoms with Crippen LogP contribution in [0.25, 0.3) is 0 Å². The van der Waals surface area contributed by atoms with Gasteiger partial charge in [0.1, 0.15) is 0 Å². The summed E-state index contributed by atoms with van der Waals surface area (Å²) in [6.45, 7) is 5.30. The summed E-state index contributed by atoms with van der Waals surface area (Å²) in [5, 5.41) is 0. The summed E-state index contributed by atoms with van der Waals surface area (Å²) >= 11 is 3.53. The third-order valence-corrected chi connectivity index (χ3v) is 2.83. The number of hydrogen-bond acceptors (Lipinski definition) is 3. The molecule has 0 aromatic rings. The zero-order chi connectivity index (χ0) is 9.68. The van der Waals surface area contributed by atoms with Crippen LogP contribution in [0.1, 0.15) is 26.7 Å². The van der Waals surface area contributed by atoms with E-state index in [0.29, 0.717) is 18.0 Å². The lowest BCUT2D eigenvalue weighted by Crippen LogP contribution is -2.38. The molecule has 3 unspecified atom stereocenters. The van der Waals surface area contributed by atoms with Crippen LogP contribution < -0.4 is 0 Å². The highest BCUT2D eigenvalue weighted by Gasteiger charge is 2.30. The first kappa shape index (κ1) is 11.4. The van der Waals surface area contributed by atoms with Crippen molar-refractivity contribution in [2.24, 2.45) is 0 Å². The lowest BCUT2D eigenvalue weighted by atomic mass is 10.2. The molecule has 0 saturated carbocycles. The molecule has 4 heteroatoms. The van der Waals surface area contributed by atoms with Crippen LogP contribution in [-0.4, -0.2) is 30.6 Å². The van der Waals surface area contributed by atoms with Crippen molar-refractivity contribution in [2.45, 2.75) is 44.1 Å². The number of halogens is 1. The van der Waals surface area contributed by atoms with E-state index >= 15 is 0 Å². The molecule has 3 atom stereocenters. The van der Waals surface area contributed by atoms with Gasteiger partial charge in [-0.2, -0.15) is 0 Å². The third-order valence-electron chi connectivity index (χ3n) is 1.94. The summed E-state index contributed by atoms with van der Waals surface area (Å²) in [7, 11) is 0. The van der Waals surface area contributed by atoms with E-state index in [0.717, 1.165) is 12.8 Å². The predicted molar refractivity (Wildman–Crippen MR) is 53.9 cm³/mol. The topological polar surface area (TPSA) is 27.7 Å². The molecule has 1 heterocycles. The van der Waals surface area contributed by atoms with Gasteiger partial charge in [0.2, 0.25) is 0 Å². The highest BCUT2D eigenvalue weighted by atomic mass is 79.9. The average Bonchev–Trinajstić information content (AvgIpc) is 2.12. The Morgan fingerprint density at radius 3 is 2.54 bits per heavy atom. The van der Waals surface area contributed by atoms with Gasteiger partial charge in [-0.25, -0.2) is 0 Å². The standard InChI is InChI=1S/C9H17BrO3/c1-3-11-8-6-5-7(10)9(13-8)12-4-2/h7-9H,3-6H2,1-2H3.